The first-order chi connectivity index (χ1) is 6.07. The van der Waals surface area contributed by atoms with Gasteiger partial charge in [-0.05, 0) is 13.8 Å². The average molecular weight is 220 g/mol. The number of hydrogen-bond acceptors (Lipinski definition) is 3. The van der Waals surface area contributed by atoms with Crippen LogP contribution >= 0.6 is 0 Å². The topological polar surface area (TPSA) is 31.0 Å². The molecule has 0 N–H and O–H groups in total. The van der Waals surface area contributed by atoms with Crippen molar-refractivity contribution in [2.24, 2.45) is 5.41 Å². The highest BCUT2D eigenvalue weighted by molar-refractivity contribution is 4.79. The second-order valence-corrected chi connectivity index (χ2v) is 4.28. The zero-order chi connectivity index (χ0) is 9.90. The monoisotopic (exact) mass is 220 g/mol. The normalized spacial score (nSPS) is 29.6. The Kier molecular flexibility index (Phi) is 8.30. The van der Waals surface area contributed by atoms with Crippen LogP contribution in [-0.4, -0.2) is 39.1 Å². The molecule has 0 aromatic heterocycles. The lowest BCUT2D eigenvalue weighted by atomic mass is 9.90. The smallest absolute Gasteiger partial charge is 0.0811 e. The maximum atomic E-state index is 5.01. The molecule has 2 saturated heterocycles. The highest BCUT2D eigenvalue weighted by Crippen LogP contribution is 2.25. The van der Waals surface area contributed by atoms with Gasteiger partial charge in [0.25, 0.3) is 0 Å². The minimum absolute atomic E-state index is 0. The minimum atomic E-state index is 0. The molecule has 0 spiro atoms. The Morgan fingerprint density at radius 3 is 1.67 bits per heavy atom. The number of hydrogen-bond donors (Lipinski definition) is 0. The molecule has 2 rings (SSSR count). The zero-order valence-corrected chi connectivity index (χ0v) is 9.00. The third-order valence-corrected chi connectivity index (χ3v) is 2.41. The van der Waals surface area contributed by atoms with Crippen LogP contribution in [0.1, 0.15) is 35.6 Å². The zero-order valence-electron chi connectivity index (χ0n) is 9.00. The van der Waals surface area contributed by atoms with Crippen molar-refractivity contribution in [2.45, 2.75) is 47.8 Å². The highest BCUT2D eigenvalue weighted by atomic mass is 16.6. The third kappa shape index (κ3) is 6.13. The summed E-state index contributed by atoms with van der Waals surface area (Å²) in [6, 6.07) is 0. The van der Waals surface area contributed by atoms with Crippen LogP contribution in [0.15, 0.2) is 0 Å². The number of rotatable bonds is 2. The second-order valence-electron chi connectivity index (χ2n) is 4.28. The van der Waals surface area contributed by atoms with Crippen LogP contribution in [0, 0.1) is 5.41 Å². The highest BCUT2D eigenvalue weighted by Gasteiger charge is 2.32. The Morgan fingerprint density at radius 1 is 1.20 bits per heavy atom. The molecule has 0 aromatic carbocycles. The van der Waals surface area contributed by atoms with Crippen molar-refractivity contribution < 1.29 is 14.2 Å². The van der Waals surface area contributed by atoms with Crippen molar-refractivity contribution in [3.63, 3.8) is 0 Å². The lowest BCUT2D eigenvalue weighted by Crippen LogP contribution is -2.43. The van der Waals surface area contributed by atoms with E-state index in [1.807, 2.05) is 0 Å². The van der Waals surface area contributed by atoms with Crippen LogP contribution in [0.25, 0.3) is 0 Å². The predicted molar refractivity (Wildman–Crippen MR) is 64.3 cm³/mol. The Balaban J connectivity index is 0. The molecule has 0 amide bonds. The summed E-state index contributed by atoms with van der Waals surface area (Å²) in [6.45, 7) is 8.87. The molecule has 0 aliphatic carbocycles. The van der Waals surface area contributed by atoms with Gasteiger partial charge < -0.3 is 14.2 Å². The standard InChI is InChI=1S/C6H12O2.C4H8O.2CH4/c1-6(3-7-2)4-8-5-6;1-3-4(2)5-3;;/h3-5H2,1-2H3;3-4H,1-2H3;2*1H4. The molecule has 2 fully saturated rings. The lowest BCUT2D eigenvalue weighted by Gasteiger charge is -2.37. The summed E-state index contributed by atoms with van der Waals surface area (Å²) in [5.74, 6) is 0. The van der Waals surface area contributed by atoms with Crippen LogP contribution < -0.4 is 0 Å². The molecular formula is C12H28O3. The summed E-state index contributed by atoms with van der Waals surface area (Å²) >= 11 is 0. The van der Waals surface area contributed by atoms with Gasteiger partial charge in [-0.3, -0.25) is 0 Å². The van der Waals surface area contributed by atoms with E-state index >= 15 is 0 Å². The largest absolute Gasteiger partial charge is 0.384 e. The van der Waals surface area contributed by atoms with Crippen molar-refractivity contribution in [2.75, 3.05) is 26.9 Å². The molecule has 94 valence electrons. The molecule has 0 radical (unpaired) electrons. The fourth-order valence-electron chi connectivity index (χ4n) is 1.18. The number of methoxy groups -OCH3 is 1. The van der Waals surface area contributed by atoms with Crippen LogP contribution in [-0.2, 0) is 14.2 Å². The fourth-order valence-corrected chi connectivity index (χ4v) is 1.18. The van der Waals surface area contributed by atoms with Crippen LogP contribution in [0.3, 0.4) is 0 Å². The van der Waals surface area contributed by atoms with E-state index in [0.717, 1.165) is 19.8 Å². The van der Waals surface area contributed by atoms with Gasteiger partial charge in [0, 0.05) is 12.5 Å². The van der Waals surface area contributed by atoms with Gasteiger partial charge in [-0.2, -0.15) is 0 Å². The number of epoxide rings is 1. The van der Waals surface area contributed by atoms with E-state index in [9.17, 15) is 0 Å². The summed E-state index contributed by atoms with van der Waals surface area (Å²) in [5.41, 5.74) is 0.328. The maximum absolute atomic E-state index is 5.01. The van der Waals surface area contributed by atoms with Gasteiger partial charge in [0.05, 0.1) is 32.0 Å². The molecule has 0 bridgehead atoms. The summed E-state index contributed by atoms with van der Waals surface area (Å²) in [7, 11) is 1.73. The molecule has 0 saturated carbocycles. The summed E-state index contributed by atoms with van der Waals surface area (Å²) in [6.07, 6.45) is 1.10. The molecule has 2 aliphatic rings. The molecule has 2 unspecified atom stereocenters. The first-order valence-electron chi connectivity index (χ1n) is 4.79. The van der Waals surface area contributed by atoms with Gasteiger partial charge in [-0.15, -0.1) is 0 Å². The molecule has 3 nitrogen and oxygen atoms in total. The first kappa shape index (κ1) is 17.3. The first-order valence-corrected chi connectivity index (χ1v) is 4.79. The van der Waals surface area contributed by atoms with Crippen LogP contribution in [0.5, 0.6) is 0 Å². The fraction of sp³-hybridized carbons (Fsp3) is 1.00. The maximum Gasteiger partial charge on any atom is 0.0811 e. The third-order valence-electron chi connectivity index (χ3n) is 2.41. The summed E-state index contributed by atoms with van der Waals surface area (Å²) < 4.78 is 14.9. The molecule has 15 heavy (non-hydrogen) atoms. The average Bonchev–Trinajstić information content (AvgIpc) is 2.64. The van der Waals surface area contributed by atoms with Gasteiger partial charge in [-0.1, -0.05) is 21.8 Å². The lowest BCUT2D eigenvalue weighted by molar-refractivity contribution is -0.131. The van der Waals surface area contributed by atoms with Crippen molar-refractivity contribution in [1.29, 1.82) is 0 Å². The van der Waals surface area contributed by atoms with Gasteiger partial charge >= 0.3 is 0 Å². The SMILES string of the molecule is C.C.CC1OC1C.COCC1(C)COC1. The summed E-state index contributed by atoms with van der Waals surface area (Å²) in [4.78, 5) is 0. The van der Waals surface area contributed by atoms with E-state index in [1.165, 1.54) is 0 Å². The Bertz CT molecular complexity index is 149. The van der Waals surface area contributed by atoms with E-state index in [2.05, 4.69) is 20.8 Å². The molecular weight excluding hydrogens is 192 g/mol. The Labute approximate surface area is 95.1 Å². The van der Waals surface area contributed by atoms with Crippen molar-refractivity contribution >= 4 is 0 Å². The van der Waals surface area contributed by atoms with Crippen molar-refractivity contribution in [3.05, 3.63) is 0 Å². The Hall–Kier alpha value is -0.120. The number of ether oxygens (including phenoxy) is 3. The molecule has 3 heteroatoms. The van der Waals surface area contributed by atoms with Crippen LogP contribution in [0.2, 0.25) is 0 Å². The van der Waals surface area contributed by atoms with E-state index in [1.54, 1.807) is 7.11 Å². The van der Waals surface area contributed by atoms with Gasteiger partial charge in [0.15, 0.2) is 0 Å². The van der Waals surface area contributed by atoms with E-state index in [0.29, 0.717) is 17.6 Å². The molecule has 0 aromatic rings. The molecule has 2 aliphatic heterocycles. The molecule has 2 atom stereocenters. The second kappa shape index (κ2) is 7.20. The minimum Gasteiger partial charge on any atom is -0.384 e. The van der Waals surface area contributed by atoms with E-state index in [-0.39, 0.29) is 14.9 Å². The van der Waals surface area contributed by atoms with Crippen molar-refractivity contribution in [3.8, 4) is 0 Å². The van der Waals surface area contributed by atoms with E-state index < -0.39 is 0 Å². The summed E-state index contributed by atoms with van der Waals surface area (Å²) in [5, 5.41) is 0. The van der Waals surface area contributed by atoms with Gasteiger partial charge in [-0.25, -0.2) is 0 Å². The molecule has 2 heterocycles. The Morgan fingerprint density at radius 2 is 1.60 bits per heavy atom. The quantitative estimate of drug-likeness (QED) is 0.670. The van der Waals surface area contributed by atoms with Crippen LogP contribution in [0.4, 0.5) is 0 Å². The van der Waals surface area contributed by atoms with Gasteiger partial charge in [0.2, 0.25) is 0 Å². The van der Waals surface area contributed by atoms with Gasteiger partial charge in [0.1, 0.15) is 0 Å². The predicted octanol–water partition coefficient (Wildman–Crippen LogP) is 2.74. The van der Waals surface area contributed by atoms with E-state index in [4.69, 9.17) is 14.2 Å². The van der Waals surface area contributed by atoms with Crippen molar-refractivity contribution in [1.82, 2.24) is 0 Å².